The third-order valence-electron chi connectivity index (χ3n) is 3.80. The highest BCUT2D eigenvalue weighted by atomic mass is 15.3. The third-order valence-corrected chi connectivity index (χ3v) is 3.80. The predicted octanol–water partition coefficient (Wildman–Crippen LogP) is 2.55. The standard InChI is InChI=1S/C15H20N4/c1-10(2)19-11(3)17-18-15(19)14-8-12-6-4-5-7-13(12)9-16-14/h4-7,10,14,16H,8-9H2,1-3H3/t14-/m0/s1. The van der Waals surface area contributed by atoms with Crippen molar-refractivity contribution in [2.24, 2.45) is 0 Å². The molecular formula is C15H20N4. The van der Waals surface area contributed by atoms with Crippen molar-refractivity contribution < 1.29 is 0 Å². The van der Waals surface area contributed by atoms with Gasteiger partial charge in [0.05, 0.1) is 6.04 Å². The molecule has 0 radical (unpaired) electrons. The molecule has 1 aromatic carbocycles. The highest BCUT2D eigenvalue weighted by Crippen LogP contribution is 2.26. The van der Waals surface area contributed by atoms with Gasteiger partial charge in [-0.05, 0) is 38.3 Å². The molecule has 1 N–H and O–H groups in total. The molecule has 4 nitrogen and oxygen atoms in total. The monoisotopic (exact) mass is 256 g/mol. The lowest BCUT2D eigenvalue weighted by atomic mass is 9.95. The molecule has 0 aliphatic carbocycles. The largest absolute Gasteiger partial charge is 0.311 e. The van der Waals surface area contributed by atoms with Gasteiger partial charge in [-0.3, -0.25) is 0 Å². The molecular weight excluding hydrogens is 236 g/mol. The Morgan fingerprint density at radius 2 is 1.95 bits per heavy atom. The van der Waals surface area contributed by atoms with E-state index in [9.17, 15) is 0 Å². The van der Waals surface area contributed by atoms with Crippen LogP contribution >= 0.6 is 0 Å². The first-order chi connectivity index (χ1) is 9.16. The number of benzene rings is 1. The van der Waals surface area contributed by atoms with E-state index < -0.39 is 0 Å². The molecule has 0 spiro atoms. The first-order valence-corrected chi connectivity index (χ1v) is 6.88. The van der Waals surface area contributed by atoms with Crippen molar-refractivity contribution in [1.29, 1.82) is 0 Å². The zero-order chi connectivity index (χ0) is 13.4. The quantitative estimate of drug-likeness (QED) is 0.898. The van der Waals surface area contributed by atoms with Crippen molar-refractivity contribution in [3.05, 3.63) is 47.0 Å². The maximum Gasteiger partial charge on any atom is 0.150 e. The number of nitrogens with zero attached hydrogens (tertiary/aromatic N) is 3. The van der Waals surface area contributed by atoms with E-state index >= 15 is 0 Å². The molecule has 0 saturated heterocycles. The van der Waals surface area contributed by atoms with Crippen LogP contribution in [0.3, 0.4) is 0 Å². The second-order valence-electron chi connectivity index (χ2n) is 5.48. The highest BCUT2D eigenvalue weighted by Gasteiger charge is 2.25. The van der Waals surface area contributed by atoms with Crippen LogP contribution in [0.2, 0.25) is 0 Å². The van der Waals surface area contributed by atoms with Gasteiger partial charge in [-0.15, -0.1) is 10.2 Å². The van der Waals surface area contributed by atoms with Crippen LogP contribution in [0.15, 0.2) is 24.3 Å². The molecule has 100 valence electrons. The SMILES string of the molecule is Cc1nnc([C@@H]2Cc3ccccc3CN2)n1C(C)C. The first-order valence-electron chi connectivity index (χ1n) is 6.88. The number of rotatable bonds is 2. The summed E-state index contributed by atoms with van der Waals surface area (Å²) in [4.78, 5) is 0. The molecule has 0 bridgehead atoms. The molecule has 1 aromatic heterocycles. The lowest BCUT2D eigenvalue weighted by molar-refractivity contribution is 0.435. The third kappa shape index (κ3) is 2.16. The van der Waals surface area contributed by atoms with Crippen molar-refractivity contribution in [2.45, 2.75) is 45.8 Å². The van der Waals surface area contributed by atoms with Gasteiger partial charge >= 0.3 is 0 Å². The van der Waals surface area contributed by atoms with Crippen molar-refractivity contribution >= 4 is 0 Å². The molecule has 2 heterocycles. The van der Waals surface area contributed by atoms with Crippen LogP contribution in [0.4, 0.5) is 0 Å². The molecule has 19 heavy (non-hydrogen) atoms. The summed E-state index contributed by atoms with van der Waals surface area (Å²) >= 11 is 0. The van der Waals surface area contributed by atoms with E-state index in [1.165, 1.54) is 11.1 Å². The topological polar surface area (TPSA) is 42.7 Å². The van der Waals surface area contributed by atoms with Crippen LogP contribution in [0, 0.1) is 6.92 Å². The van der Waals surface area contributed by atoms with Crippen LogP contribution in [0.1, 0.15) is 48.7 Å². The van der Waals surface area contributed by atoms with Crippen molar-refractivity contribution in [3.63, 3.8) is 0 Å². The Bertz CT molecular complexity index is 586. The van der Waals surface area contributed by atoms with Crippen molar-refractivity contribution in [2.75, 3.05) is 0 Å². The van der Waals surface area contributed by atoms with Crippen molar-refractivity contribution in [1.82, 2.24) is 20.1 Å². The summed E-state index contributed by atoms with van der Waals surface area (Å²) in [7, 11) is 0. The molecule has 1 aliphatic rings. The van der Waals surface area contributed by atoms with Gasteiger partial charge in [0, 0.05) is 12.6 Å². The maximum atomic E-state index is 4.38. The van der Waals surface area contributed by atoms with Gasteiger partial charge in [0.2, 0.25) is 0 Å². The van der Waals surface area contributed by atoms with Gasteiger partial charge in [0.25, 0.3) is 0 Å². The predicted molar refractivity (Wildman–Crippen MR) is 74.9 cm³/mol. The van der Waals surface area contributed by atoms with Gasteiger partial charge < -0.3 is 9.88 Å². The average molecular weight is 256 g/mol. The van der Waals surface area contributed by atoms with Gasteiger partial charge in [-0.1, -0.05) is 24.3 Å². The number of fused-ring (bicyclic) bond motifs is 1. The average Bonchev–Trinajstić information content (AvgIpc) is 2.80. The summed E-state index contributed by atoms with van der Waals surface area (Å²) in [6.07, 6.45) is 0.987. The molecule has 4 heteroatoms. The molecule has 0 amide bonds. The molecule has 2 aromatic rings. The summed E-state index contributed by atoms with van der Waals surface area (Å²) in [5.41, 5.74) is 2.81. The van der Waals surface area contributed by atoms with E-state index in [0.29, 0.717) is 6.04 Å². The summed E-state index contributed by atoms with van der Waals surface area (Å²) in [6, 6.07) is 9.27. The Balaban J connectivity index is 1.93. The van der Waals surface area contributed by atoms with Gasteiger partial charge in [0.1, 0.15) is 5.82 Å². The summed E-state index contributed by atoms with van der Waals surface area (Å²) in [6.45, 7) is 7.28. The van der Waals surface area contributed by atoms with Gasteiger partial charge in [-0.25, -0.2) is 0 Å². The smallest absolute Gasteiger partial charge is 0.150 e. The number of hydrogen-bond acceptors (Lipinski definition) is 3. The molecule has 1 aliphatic heterocycles. The molecule has 3 rings (SSSR count). The molecule has 1 atom stereocenters. The minimum Gasteiger partial charge on any atom is -0.311 e. The van der Waals surface area contributed by atoms with Crippen LogP contribution in [0.25, 0.3) is 0 Å². The van der Waals surface area contributed by atoms with Crippen LogP contribution in [-0.2, 0) is 13.0 Å². The van der Waals surface area contributed by atoms with E-state index in [2.05, 4.69) is 58.2 Å². The van der Waals surface area contributed by atoms with E-state index in [1.54, 1.807) is 0 Å². The molecule has 0 saturated carbocycles. The first kappa shape index (κ1) is 12.4. The Morgan fingerprint density at radius 3 is 2.68 bits per heavy atom. The summed E-state index contributed by atoms with van der Waals surface area (Å²) in [5.74, 6) is 2.05. The lowest BCUT2D eigenvalue weighted by Crippen LogP contribution is -2.31. The van der Waals surface area contributed by atoms with E-state index in [-0.39, 0.29) is 6.04 Å². The summed E-state index contributed by atoms with van der Waals surface area (Å²) < 4.78 is 2.23. The van der Waals surface area contributed by atoms with Crippen LogP contribution < -0.4 is 5.32 Å². The number of aryl methyl sites for hydroxylation is 1. The van der Waals surface area contributed by atoms with E-state index in [0.717, 1.165) is 24.6 Å². The zero-order valence-corrected chi connectivity index (χ0v) is 11.7. The normalized spacial score (nSPS) is 18.6. The lowest BCUT2D eigenvalue weighted by Gasteiger charge is -2.26. The van der Waals surface area contributed by atoms with Crippen LogP contribution in [0.5, 0.6) is 0 Å². The number of hydrogen-bond donors (Lipinski definition) is 1. The fourth-order valence-corrected chi connectivity index (χ4v) is 2.90. The molecule has 0 fully saturated rings. The second kappa shape index (κ2) is 4.78. The number of nitrogens with one attached hydrogen (secondary N) is 1. The minimum atomic E-state index is 0.262. The zero-order valence-electron chi connectivity index (χ0n) is 11.7. The van der Waals surface area contributed by atoms with Gasteiger partial charge in [0.15, 0.2) is 5.82 Å². The summed E-state index contributed by atoms with van der Waals surface area (Å²) in [5, 5.41) is 12.2. The second-order valence-corrected chi connectivity index (χ2v) is 5.48. The Hall–Kier alpha value is -1.68. The highest BCUT2D eigenvalue weighted by molar-refractivity contribution is 5.31. The fraction of sp³-hybridized carbons (Fsp3) is 0.467. The Morgan fingerprint density at radius 1 is 1.21 bits per heavy atom. The Kier molecular flexibility index (Phi) is 3.11. The van der Waals surface area contributed by atoms with Crippen LogP contribution in [-0.4, -0.2) is 14.8 Å². The maximum absolute atomic E-state index is 4.38. The van der Waals surface area contributed by atoms with Gasteiger partial charge in [-0.2, -0.15) is 0 Å². The Labute approximate surface area is 113 Å². The van der Waals surface area contributed by atoms with E-state index in [4.69, 9.17) is 0 Å². The van der Waals surface area contributed by atoms with E-state index in [1.807, 2.05) is 6.92 Å². The number of aromatic nitrogens is 3. The fourth-order valence-electron chi connectivity index (χ4n) is 2.90. The van der Waals surface area contributed by atoms with Crippen molar-refractivity contribution in [3.8, 4) is 0 Å². The minimum absolute atomic E-state index is 0.262. The molecule has 0 unspecified atom stereocenters.